The molecular formula is C25H31NO5. The molecule has 0 radical (unpaired) electrons. The van der Waals surface area contributed by atoms with Crippen molar-refractivity contribution in [2.75, 3.05) is 18.6 Å². The summed E-state index contributed by atoms with van der Waals surface area (Å²) in [5, 5.41) is 10.4. The molecule has 1 fully saturated rings. The van der Waals surface area contributed by atoms with Gasteiger partial charge in [0, 0.05) is 12.1 Å². The molecule has 166 valence electrons. The summed E-state index contributed by atoms with van der Waals surface area (Å²) in [5.41, 5.74) is 2.16. The summed E-state index contributed by atoms with van der Waals surface area (Å²) in [7, 11) is 1.35. The van der Waals surface area contributed by atoms with Crippen LogP contribution in [0.1, 0.15) is 67.5 Å². The first-order valence-electron chi connectivity index (χ1n) is 10.9. The fourth-order valence-corrected chi connectivity index (χ4v) is 3.86. The second-order valence-electron chi connectivity index (χ2n) is 7.89. The summed E-state index contributed by atoms with van der Waals surface area (Å²) in [6.45, 7) is 2.51. The van der Waals surface area contributed by atoms with Gasteiger partial charge in [0.05, 0.1) is 24.8 Å². The SMILES string of the molecule is CCCCCC(O)c1ccc(N2C(=O)CC[C@@H]2COc2ccc(C(=O)OC)cc2)cc1. The smallest absolute Gasteiger partial charge is 0.337 e. The van der Waals surface area contributed by atoms with Crippen molar-refractivity contribution in [3.63, 3.8) is 0 Å². The van der Waals surface area contributed by atoms with Crippen LogP contribution in [0, 0.1) is 0 Å². The molecule has 6 heteroatoms. The first-order valence-corrected chi connectivity index (χ1v) is 10.9. The van der Waals surface area contributed by atoms with E-state index in [9.17, 15) is 14.7 Å². The maximum atomic E-state index is 12.5. The van der Waals surface area contributed by atoms with E-state index in [4.69, 9.17) is 9.47 Å². The maximum Gasteiger partial charge on any atom is 0.337 e. The Morgan fingerprint density at radius 3 is 2.48 bits per heavy atom. The van der Waals surface area contributed by atoms with Crippen LogP contribution in [0.2, 0.25) is 0 Å². The highest BCUT2D eigenvalue weighted by Gasteiger charge is 2.32. The van der Waals surface area contributed by atoms with E-state index in [1.165, 1.54) is 7.11 Å². The summed E-state index contributed by atoms with van der Waals surface area (Å²) in [6.07, 6.45) is 4.73. The molecule has 0 saturated carbocycles. The molecule has 1 amide bonds. The number of amides is 1. The van der Waals surface area contributed by atoms with Crippen LogP contribution < -0.4 is 9.64 Å². The van der Waals surface area contributed by atoms with E-state index in [0.717, 1.165) is 43.4 Å². The van der Waals surface area contributed by atoms with E-state index < -0.39 is 12.1 Å². The Morgan fingerprint density at radius 2 is 1.84 bits per heavy atom. The highest BCUT2D eigenvalue weighted by atomic mass is 16.5. The maximum absolute atomic E-state index is 12.5. The topological polar surface area (TPSA) is 76.1 Å². The van der Waals surface area contributed by atoms with Crippen LogP contribution in [0.25, 0.3) is 0 Å². The predicted octanol–water partition coefficient (Wildman–Crippen LogP) is 4.66. The summed E-state index contributed by atoms with van der Waals surface area (Å²) < 4.78 is 10.6. The van der Waals surface area contributed by atoms with Gasteiger partial charge in [-0.05, 0) is 54.8 Å². The Morgan fingerprint density at radius 1 is 1.13 bits per heavy atom. The van der Waals surface area contributed by atoms with Crippen LogP contribution in [0.5, 0.6) is 5.75 Å². The minimum Gasteiger partial charge on any atom is -0.491 e. The zero-order valence-corrected chi connectivity index (χ0v) is 18.3. The molecule has 2 atom stereocenters. The van der Waals surface area contributed by atoms with E-state index in [2.05, 4.69) is 6.92 Å². The number of methoxy groups -OCH3 is 1. The summed E-state index contributed by atoms with van der Waals surface area (Å²) in [4.78, 5) is 25.8. The second-order valence-corrected chi connectivity index (χ2v) is 7.89. The van der Waals surface area contributed by atoms with Crippen LogP contribution in [0.15, 0.2) is 48.5 Å². The number of rotatable bonds is 10. The lowest BCUT2D eigenvalue weighted by atomic mass is 10.0. The monoisotopic (exact) mass is 425 g/mol. The van der Waals surface area contributed by atoms with Crippen molar-refractivity contribution >= 4 is 17.6 Å². The van der Waals surface area contributed by atoms with Crippen molar-refractivity contribution in [3.8, 4) is 5.75 Å². The van der Waals surface area contributed by atoms with Crippen LogP contribution in [-0.4, -0.2) is 36.7 Å². The molecule has 0 bridgehead atoms. The number of aliphatic hydroxyl groups is 1. The van der Waals surface area contributed by atoms with Crippen LogP contribution in [0.3, 0.4) is 0 Å². The Balaban J connectivity index is 1.61. The molecule has 1 N–H and O–H groups in total. The average Bonchev–Trinajstić information content (AvgIpc) is 3.18. The lowest BCUT2D eigenvalue weighted by molar-refractivity contribution is -0.117. The molecule has 1 unspecified atom stereocenters. The lowest BCUT2D eigenvalue weighted by Gasteiger charge is -2.25. The zero-order valence-electron chi connectivity index (χ0n) is 18.3. The normalized spacial score (nSPS) is 16.9. The van der Waals surface area contributed by atoms with E-state index >= 15 is 0 Å². The zero-order chi connectivity index (χ0) is 22.2. The molecule has 0 aromatic heterocycles. The number of ether oxygens (including phenoxy) is 2. The quantitative estimate of drug-likeness (QED) is 0.443. The highest BCUT2D eigenvalue weighted by Crippen LogP contribution is 2.29. The van der Waals surface area contributed by atoms with Gasteiger partial charge < -0.3 is 19.5 Å². The third-order valence-electron chi connectivity index (χ3n) is 5.68. The highest BCUT2D eigenvalue weighted by molar-refractivity contribution is 5.96. The minimum absolute atomic E-state index is 0.0619. The van der Waals surface area contributed by atoms with Crippen molar-refractivity contribution < 1.29 is 24.2 Å². The molecule has 31 heavy (non-hydrogen) atoms. The molecule has 1 aliphatic heterocycles. The first-order chi connectivity index (χ1) is 15.0. The average molecular weight is 426 g/mol. The van der Waals surface area contributed by atoms with Crippen LogP contribution in [-0.2, 0) is 9.53 Å². The van der Waals surface area contributed by atoms with Gasteiger partial charge in [-0.2, -0.15) is 0 Å². The van der Waals surface area contributed by atoms with Crippen molar-refractivity contribution in [3.05, 3.63) is 59.7 Å². The van der Waals surface area contributed by atoms with Gasteiger partial charge >= 0.3 is 5.97 Å². The van der Waals surface area contributed by atoms with E-state index in [1.54, 1.807) is 29.2 Å². The Hall–Kier alpha value is -2.86. The van der Waals surface area contributed by atoms with Gasteiger partial charge in [-0.1, -0.05) is 38.3 Å². The van der Waals surface area contributed by atoms with Gasteiger partial charge in [0.1, 0.15) is 12.4 Å². The molecule has 6 nitrogen and oxygen atoms in total. The Kier molecular flexibility index (Phi) is 8.06. The number of nitrogens with zero attached hydrogens (tertiary/aromatic N) is 1. The molecule has 0 spiro atoms. The van der Waals surface area contributed by atoms with Crippen molar-refractivity contribution in [2.45, 2.75) is 57.6 Å². The molecule has 2 aromatic rings. The molecule has 1 aliphatic rings. The molecule has 2 aromatic carbocycles. The number of anilines is 1. The minimum atomic E-state index is -0.470. The second kappa shape index (κ2) is 11.0. The van der Waals surface area contributed by atoms with E-state index in [1.807, 2.05) is 24.3 Å². The van der Waals surface area contributed by atoms with Crippen molar-refractivity contribution in [1.29, 1.82) is 0 Å². The number of carbonyl (C=O) groups is 2. The van der Waals surface area contributed by atoms with Crippen LogP contribution >= 0.6 is 0 Å². The molecule has 3 rings (SSSR count). The van der Waals surface area contributed by atoms with Gasteiger partial charge in [0.25, 0.3) is 0 Å². The summed E-state index contributed by atoms with van der Waals surface area (Å²) >= 11 is 0. The standard InChI is InChI=1S/C25H31NO5/c1-3-4-5-6-23(27)18-7-11-20(12-8-18)26-21(13-16-24(26)28)17-31-22-14-9-19(10-15-22)25(29)30-2/h7-12,14-15,21,23,27H,3-6,13,16-17H2,1-2H3/t21-,23?/m1/s1. The molecule has 1 heterocycles. The van der Waals surface area contributed by atoms with Gasteiger partial charge in [-0.15, -0.1) is 0 Å². The lowest BCUT2D eigenvalue weighted by Crippen LogP contribution is -2.37. The van der Waals surface area contributed by atoms with Gasteiger partial charge in [0.2, 0.25) is 5.91 Å². The largest absolute Gasteiger partial charge is 0.491 e. The number of carbonyl (C=O) groups excluding carboxylic acids is 2. The first kappa shape index (κ1) is 22.8. The van der Waals surface area contributed by atoms with Crippen molar-refractivity contribution in [2.24, 2.45) is 0 Å². The Labute approximate surface area is 183 Å². The predicted molar refractivity (Wildman–Crippen MR) is 119 cm³/mol. The van der Waals surface area contributed by atoms with Gasteiger partial charge in [-0.3, -0.25) is 4.79 Å². The Bertz CT molecular complexity index is 862. The molecular weight excluding hydrogens is 394 g/mol. The third kappa shape index (κ3) is 5.85. The van der Waals surface area contributed by atoms with Gasteiger partial charge in [0.15, 0.2) is 0 Å². The third-order valence-corrected chi connectivity index (χ3v) is 5.68. The van der Waals surface area contributed by atoms with Crippen molar-refractivity contribution in [1.82, 2.24) is 0 Å². The number of unbranched alkanes of at least 4 members (excludes halogenated alkanes) is 2. The number of hydrogen-bond donors (Lipinski definition) is 1. The number of aliphatic hydroxyl groups excluding tert-OH is 1. The van der Waals surface area contributed by atoms with Gasteiger partial charge in [-0.25, -0.2) is 4.79 Å². The summed E-state index contributed by atoms with van der Waals surface area (Å²) in [5.74, 6) is 0.321. The summed E-state index contributed by atoms with van der Waals surface area (Å²) in [6, 6.07) is 14.3. The van der Waals surface area contributed by atoms with Crippen LogP contribution in [0.4, 0.5) is 5.69 Å². The number of hydrogen-bond acceptors (Lipinski definition) is 5. The fourth-order valence-electron chi connectivity index (χ4n) is 3.86. The molecule has 1 saturated heterocycles. The fraction of sp³-hybridized carbons (Fsp3) is 0.440. The molecule has 0 aliphatic carbocycles. The van der Waals surface area contributed by atoms with E-state index in [0.29, 0.717) is 24.3 Å². The number of benzene rings is 2. The van der Waals surface area contributed by atoms with E-state index in [-0.39, 0.29) is 11.9 Å². The number of esters is 1.